The van der Waals surface area contributed by atoms with Crippen molar-refractivity contribution < 1.29 is 55.7 Å². The molecule has 0 saturated carbocycles. The van der Waals surface area contributed by atoms with Gasteiger partial charge in [0, 0.05) is 44.4 Å². The van der Waals surface area contributed by atoms with Gasteiger partial charge in [-0.3, -0.25) is 9.78 Å². The minimum Gasteiger partial charge on any atom is -0.475 e. The number of hydrogen-bond donors (Lipinski definition) is 2. The van der Waals surface area contributed by atoms with Crippen molar-refractivity contribution in [2.24, 2.45) is 0 Å². The fraction of sp³-hybridized carbons (Fsp3) is 0.455. The number of piperidine rings is 1. The van der Waals surface area contributed by atoms with Crippen LogP contribution in [-0.4, -0.2) is 92.1 Å². The standard InChI is InChI=1S/C18H21N5O2.2C2HF3O2/c24-16-13-25-18(14-23(16)12-15-3-1-6-19-11-15)4-9-22(10-5-18)17-20-7-2-8-21-17;2*3-2(4,5)1(6)7/h1-3,6-8,11H,4-5,9-10,12-14H2;2*(H,6,7). The molecule has 39 heavy (non-hydrogen) atoms. The molecule has 0 atom stereocenters. The molecule has 17 heteroatoms. The average molecular weight is 567 g/mol. The fourth-order valence-corrected chi connectivity index (χ4v) is 3.52. The topological polar surface area (TPSA) is 146 Å². The van der Waals surface area contributed by atoms with Gasteiger partial charge in [0.2, 0.25) is 11.9 Å². The van der Waals surface area contributed by atoms with Crippen molar-refractivity contribution in [2.75, 3.05) is 31.1 Å². The van der Waals surface area contributed by atoms with Gasteiger partial charge in [-0.2, -0.15) is 26.3 Å². The molecule has 2 aromatic rings. The Morgan fingerprint density at radius 3 is 1.95 bits per heavy atom. The first kappa shape index (κ1) is 31.2. The van der Waals surface area contributed by atoms with Crippen molar-refractivity contribution in [3.05, 3.63) is 48.5 Å². The molecule has 1 amide bonds. The van der Waals surface area contributed by atoms with E-state index >= 15 is 0 Å². The Kier molecular flexibility index (Phi) is 10.5. The van der Waals surface area contributed by atoms with Crippen LogP contribution in [-0.2, 0) is 25.7 Å². The Hall–Kier alpha value is -4.02. The van der Waals surface area contributed by atoms with Gasteiger partial charge >= 0.3 is 24.3 Å². The second-order valence-corrected chi connectivity index (χ2v) is 8.22. The number of ether oxygens (including phenoxy) is 1. The van der Waals surface area contributed by atoms with Crippen LogP contribution in [0.15, 0.2) is 43.0 Å². The molecular formula is C22H23F6N5O6. The summed E-state index contributed by atoms with van der Waals surface area (Å²) in [4.78, 5) is 46.9. The van der Waals surface area contributed by atoms with Crippen LogP contribution in [0.2, 0.25) is 0 Å². The predicted molar refractivity (Wildman–Crippen MR) is 119 cm³/mol. The number of rotatable bonds is 3. The van der Waals surface area contributed by atoms with Crippen LogP contribution in [0.1, 0.15) is 18.4 Å². The van der Waals surface area contributed by atoms with Gasteiger partial charge in [-0.25, -0.2) is 19.6 Å². The molecule has 0 radical (unpaired) electrons. The molecule has 0 aliphatic carbocycles. The van der Waals surface area contributed by atoms with Gasteiger partial charge in [0.05, 0.1) is 12.1 Å². The average Bonchev–Trinajstić information content (AvgIpc) is 2.88. The van der Waals surface area contributed by atoms with Crippen LogP contribution in [0.25, 0.3) is 0 Å². The minimum absolute atomic E-state index is 0.0447. The molecule has 2 aliphatic heterocycles. The third kappa shape index (κ3) is 9.99. The lowest BCUT2D eigenvalue weighted by Crippen LogP contribution is -2.58. The van der Waals surface area contributed by atoms with Crippen molar-refractivity contribution in [1.29, 1.82) is 0 Å². The first-order chi connectivity index (χ1) is 18.1. The van der Waals surface area contributed by atoms with E-state index in [0.29, 0.717) is 13.1 Å². The number of anilines is 1. The van der Waals surface area contributed by atoms with E-state index < -0.39 is 24.3 Å². The monoisotopic (exact) mass is 567 g/mol. The van der Waals surface area contributed by atoms with Gasteiger partial charge in [-0.15, -0.1) is 0 Å². The van der Waals surface area contributed by atoms with Crippen molar-refractivity contribution in [2.45, 2.75) is 37.3 Å². The Balaban J connectivity index is 0.000000317. The number of carbonyl (C=O) groups is 3. The lowest BCUT2D eigenvalue weighted by molar-refractivity contribution is -0.193. The number of carbonyl (C=O) groups excluding carboxylic acids is 1. The molecule has 1 spiro atoms. The number of halogens is 6. The summed E-state index contributed by atoms with van der Waals surface area (Å²) in [6, 6.07) is 5.72. The van der Waals surface area contributed by atoms with Crippen molar-refractivity contribution in [3.8, 4) is 0 Å². The maximum absolute atomic E-state index is 12.3. The Bertz CT molecular complexity index is 1070. The van der Waals surface area contributed by atoms with E-state index in [1.165, 1.54) is 0 Å². The lowest BCUT2D eigenvalue weighted by atomic mass is 9.89. The molecular weight excluding hydrogens is 544 g/mol. The van der Waals surface area contributed by atoms with E-state index in [9.17, 15) is 31.1 Å². The van der Waals surface area contributed by atoms with E-state index in [1.807, 2.05) is 29.3 Å². The molecule has 2 aliphatic rings. The normalized spacial score (nSPS) is 16.9. The van der Waals surface area contributed by atoms with Gasteiger partial charge in [0.25, 0.3) is 0 Å². The molecule has 2 saturated heterocycles. The highest BCUT2D eigenvalue weighted by Crippen LogP contribution is 2.32. The van der Waals surface area contributed by atoms with Gasteiger partial charge in [-0.05, 0) is 30.5 Å². The summed E-state index contributed by atoms with van der Waals surface area (Å²) < 4.78 is 69.5. The Morgan fingerprint density at radius 1 is 0.949 bits per heavy atom. The van der Waals surface area contributed by atoms with Crippen LogP contribution in [0, 0.1) is 0 Å². The summed E-state index contributed by atoms with van der Waals surface area (Å²) in [7, 11) is 0. The SMILES string of the molecule is O=C(O)C(F)(F)F.O=C(O)C(F)(F)F.O=C1COC2(CCN(c3ncccn3)CC2)CN1Cc1cccnc1. The summed E-state index contributed by atoms with van der Waals surface area (Å²) in [5, 5.41) is 14.2. The quantitative estimate of drug-likeness (QED) is 0.531. The Morgan fingerprint density at radius 2 is 1.49 bits per heavy atom. The number of hydrogen-bond acceptors (Lipinski definition) is 8. The van der Waals surface area contributed by atoms with Gasteiger partial charge < -0.3 is 24.7 Å². The molecule has 214 valence electrons. The zero-order chi connectivity index (χ0) is 29.3. The summed E-state index contributed by atoms with van der Waals surface area (Å²) >= 11 is 0. The number of carboxylic acids is 2. The second-order valence-electron chi connectivity index (χ2n) is 8.22. The van der Waals surface area contributed by atoms with Gasteiger partial charge in [0.15, 0.2) is 0 Å². The van der Waals surface area contributed by atoms with Crippen molar-refractivity contribution in [3.63, 3.8) is 0 Å². The van der Waals surface area contributed by atoms with E-state index in [0.717, 1.165) is 37.4 Å². The van der Waals surface area contributed by atoms with Crippen molar-refractivity contribution in [1.82, 2.24) is 19.9 Å². The smallest absolute Gasteiger partial charge is 0.475 e. The van der Waals surface area contributed by atoms with E-state index in [-0.39, 0.29) is 18.1 Å². The molecule has 2 fully saturated rings. The maximum Gasteiger partial charge on any atom is 0.490 e. The summed E-state index contributed by atoms with van der Waals surface area (Å²) in [5.74, 6) is -4.71. The maximum atomic E-state index is 12.3. The molecule has 2 aromatic heterocycles. The largest absolute Gasteiger partial charge is 0.490 e. The third-order valence-electron chi connectivity index (χ3n) is 5.42. The highest BCUT2D eigenvalue weighted by molar-refractivity contribution is 5.78. The number of aliphatic carboxylic acids is 2. The fourth-order valence-electron chi connectivity index (χ4n) is 3.52. The van der Waals surface area contributed by atoms with Crippen molar-refractivity contribution >= 4 is 23.8 Å². The third-order valence-corrected chi connectivity index (χ3v) is 5.42. The zero-order valence-electron chi connectivity index (χ0n) is 20.0. The van der Waals surface area contributed by atoms with Crippen LogP contribution >= 0.6 is 0 Å². The minimum atomic E-state index is -5.08. The van der Waals surface area contributed by atoms with Gasteiger partial charge in [0.1, 0.15) is 6.61 Å². The highest BCUT2D eigenvalue weighted by Gasteiger charge is 2.42. The molecule has 0 unspecified atom stereocenters. The predicted octanol–water partition coefficient (Wildman–Crippen LogP) is 2.54. The number of carboxylic acid groups (broad SMARTS) is 2. The molecule has 11 nitrogen and oxygen atoms in total. The van der Waals surface area contributed by atoms with Crippen LogP contribution in [0.5, 0.6) is 0 Å². The number of amides is 1. The first-order valence-electron chi connectivity index (χ1n) is 11.1. The van der Waals surface area contributed by atoms with E-state index in [2.05, 4.69) is 19.9 Å². The first-order valence-corrected chi connectivity index (χ1v) is 11.1. The summed E-state index contributed by atoms with van der Waals surface area (Å²) in [6.07, 6.45) is -1.36. The highest BCUT2D eigenvalue weighted by atomic mass is 19.4. The summed E-state index contributed by atoms with van der Waals surface area (Å²) in [5.41, 5.74) is 0.782. The Labute approximate surface area is 217 Å². The second kappa shape index (κ2) is 13.2. The van der Waals surface area contributed by atoms with E-state index in [1.54, 1.807) is 18.6 Å². The summed E-state index contributed by atoms with van der Waals surface area (Å²) in [6.45, 7) is 3.04. The van der Waals surface area contributed by atoms with Crippen LogP contribution in [0.3, 0.4) is 0 Å². The van der Waals surface area contributed by atoms with Crippen LogP contribution in [0.4, 0.5) is 32.3 Å². The van der Waals surface area contributed by atoms with Crippen LogP contribution < -0.4 is 4.90 Å². The van der Waals surface area contributed by atoms with Gasteiger partial charge in [-0.1, -0.05) is 6.07 Å². The molecule has 2 N–H and O–H groups in total. The zero-order valence-corrected chi connectivity index (χ0v) is 20.0. The molecule has 4 heterocycles. The molecule has 0 bridgehead atoms. The lowest BCUT2D eigenvalue weighted by Gasteiger charge is -2.47. The number of pyridine rings is 1. The number of nitrogens with zero attached hydrogens (tertiary/aromatic N) is 5. The van der Waals surface area contributed by atoms with E-state index in [4.69, 9.17) is 24.5 Å². The number of alkyl halides is 6. The molecule has 0 aromatic carbocycles. The number of morpholine rings is 1. The molecule has 4 rings (SSSR count). The number of aromatic nitrogens is 3.